The number of hydrogen-bond acceptors (Lipinski definition) is 6. The maximum Gasteiger partial charge on any atom is 0.335 e. The molecular formula is C24H29BrO6. The number of halogens is 1. The molecule has 0 amide bonds. The van der Waals surface area contributed by atoms with Crippen molar-refractivity contribution in [2.24, 2.45) is 0 Å². The fraction of sp³-hybridized carbons (Fsp3) is 0.250. The molecule has 6 nitrogen and oxygen atoms in total. The second-order valence-corrected chi connectivity index (χ2v) is 6.51. The van der Waals surface area contributed by atoms with Crippen molar-refractivity contribution in [3.8, 4) is 0 Å². The zero-order valence-electron chi connectivity index (χ0n) is 17.9. The number of rotatable bonds is 8. The van der Waals surface area contributed by atoms with Crippen LogP contribution >= 0.6 is 15.9 Å². The van der Waals surface area contributed by atoms with Crippen molar-refractivity contribution < 1.29 is 28.9 Å². The molecule has 0 fully saturated rings. The minimum absolute atomic E-state index is 0.140. The van der Waals surface area contributed by atoms with Crippen molar-refractivity contribution in [1.29, 1.82) is 0 Å². The topological polar surface area (TPSA) is 82.1 Å². The molecule has 1 N–H and O–H groups in total. The predicted molar refractivity (Wildman–Crippen MR) is 125 cm³/mol. The van der Waals surface area contributed by atoms with E-state index in [0.29, 0.717) is 23.1 Å². The summed E-state index contributed by atoms with van der Waals surface area (Å²) in [5.74, 6) is -0.787. The maximum absolute atomic E-state index is 11.0. The van der Waals surface area contributed by atoms with Gasteiger partial charge in [-0.2, -0.15) is 0 Å². The van der Waals surface area contributed by atoms with Gasteiger partial charge in [0, 0.05) is 10.9 Å². The Bertz CT molecular complexity index is 776. The largest absolute Gasteiger partial charge is 0.466 e. The van der Waals surface area contributed by atoms with Gasteiger partial charge in [-0.3, -0.25) is 0 Å². The van der Waals surface area contributed by atoms with Gasteiger partial charge >= 0.3 is 11.9 Å². The molecule has 2 aromatic carbocycles. The standard InChI is InChI=1S/C12H14O3.C7H8O.C5H7BrO2/c1-10(12(13)14-2)8-15-9-11-6-4-3-5-7-11;8-6-7-4-2-1-3-5-7;1-4(3-6)5(7)8-2/h3-7H,1,8-9H2,2H3;1-5,8H,6H2;1,3H2,2H3. The molecule has 0 spiro atoms. The molecule has 0 aliphatic rings. The first-order chi connectivity index (χ1) is 14.9. The van der Waals surface area contributed by atoms with Gasteiger partial charge in [0.25, 0.3) is 0 Å². The van der Waals surface area contributed by atoms with Gasteiger partial charge in [0.2, 0.25) is 0 Å². The number of esters is 2. The highest BCUT2D eigenvalue weighted by atomic mass is 79.9. The molecule has 31 heavy (non-hydrogen) atoms. The van der Waals surface area contributed by atoms with E-state index in [-0.39, 0.29) is 19.2 Å². The van der Waals surface area contributed by atoms with Crippen LogP contribution in [-0.4, -0.2) is 43.2 Å². The number of benzene rings is 2. The fourth-order valence-electron chi connectivity index (χ4n) is 1.85. The lowest BCUT2D eigenvalue weighted by Crippen LogP contribution is -2.09. The summed E-state index contributed by atoms with van der Waals surface area (Å²) in [5, 5.41) is 9.01. The second-order valence-electron chi connectivity index (χ2n) is 5.95. The Morgan fingerprint density at radius 2 is 1.29 bits per heavy atom. The molecule has 0 aliphatic heterocycles. The first kappa shape index (κ1) is 28.3. The third-order valence-corrected chi connectivity index (χ3v) is 4.20. The summed E-state index contributed by atoms with van der Waals surface area (Å²) >= 11 is 3.06. The quantitative estimate of drug-likeness (QED) is 0.337. The molecule has 2 rings (SSSR count). The summed E-state index contributed by atoms with van der Waals surface area (Å²) in [6, 6.07) is 19.3. The number of alkyl halides is 1. The molecular weight excluding hydrogens is 464 g/mol. The van der Waals surface area contributed by atoms with E-state index in [1.165, 1.54) is 14.2 Å². The van der Waals surface area contributed by atoms with Gasteiger partial charge < -0.3 is 19.3 Å². The van der Waals surface area contributed by atoms with Crippen LogP contribution in [0.1, 0.15) is 11.1 Å². The van der Waals surface area contributed by atoms with Crippen molar-refractivity contribution in [3.05, 3.63) is 96.1 Å². The number of aliphatic hydroxyl groups is 1. The summed E-state index contributed by atoms with van der Waals surface area (Å²) in [6.45, 7) is 7.78. The Hall–Kier alpha value is -2.74. The second kappa shape index (κ2) is 18.1. The van der Waals surface area contributed by atoms with Gasteiger partial charge in [-0.15, -0.1) is 0 Å². The third kappa shape index (κ3) is 14.0. The van der Waals surface area contributed by atoms with Gasteiger partial charge in [-0.05, 0) is 11.1 Å². The first-order valence-corrected chi connectivity index (χ1v) is 10.4. The monoisotopic (exact) mass is 492 g/mol. The van der Waals surface area contributed by atoms with Crippen molar-refractivity contribution >= 4 is 27.9 Å². The van der Waals surface area contributed by atoms with Crippen LogP contribution in [0.15, 0.2) is 85.0 Å². The Morgan fingerprint density at radius 1 is 0.839 bits per heavy atom. The number of hydrogen-bond donors (Lipinski definition) is 1. The summed E-state index contributed by atoms with van der Waals surface area (Å²) in [5.41, 5.74) is 2.79. The minimum atomic E-state index is -0.428. The molecule has 0 unspecified atom stereocenters. The van der Waals surface area contributed by atoms with Gasteiger partial charge in [-0.1, -0.05) is 89.8 Å². The van der Waals surface area contributed by atoms with E-state index in [4.69, 9.17) is 9.84 Å². The minimum Gasteiger partial charge on any atom is -0.466 e. The van der Waals surface area contributed by atoms with Crippen LogP contribution in [-0.2, 0) is 37.0 Å². The van der Waals surface area contributed by atoms with Crippen LogP contribution < -0.4 is 0 Å². The summed E-state index contributed by atoms with van der Waals surface area (Å²) in [4.78, 5) is 21.3. The van der Waals surface area contributed by atoms with Crippen LogP contribution in [0.25, 0.3) is 0 Å². The molecule has 7 heteroatoms. The summed E-state index contributed by atoms with van der Waals surface area (Å²) in [7, 11) is 2.65. The lowest BCUT2D eigenvalue weighted by Gasteiger charge is -2.05. The zero-order chi connectivity index (χ0) is 23.5. The van der Waals surface area contributed by atoms with Crippen molar-refractivity contribution in [1.82, 2.24) is 0 Å². The Kier molecular flexibility index (Phi) is 16.5. The smallest absolute Gasteiger partial charge is 0.335 e. The van der Waals surface area contributed by atoms with Gasteiger partial charge in [0.1, 0.15) is 0 Å². The fourth-order valence-corrected chi connectivity index (χ4v) is 2.08. The molecule has 168 valence electrons. The molecule has 0 aliphatic carbocycles. The molecule has 0 saturated heterocycles. The van der Waals surface area contributed by atoms with E-state index in [1.807, 2.05) is 60.7 Å². The van der Waals surface area contributed by atoms with Crippen LogP contribution in [0.3, 0.4) is 0 Å². The van der Waals surface area contributed by atoms with Crippen molar-refractivity contribution in [2.45, 2.75) is 13.2 Å². The van der Waals surface area contributed by atoms with Crippen molar-refractivity contribution in [2.75, 3.05) is 26.2 Å². The zero-order valence-corrected chi connectivity index (χ0v) is 19.5. The SMILES string of the molecule is C=C(CBr)C(=O)OC.C=C(COCc1ccccc1)C(=O)OC.OCc1ccccc1. The molecule has 0 saturated carbocycles. The molecule has 2 aromatic rings. The summed E-state index contributed by atoms with van der Waals surface area (Å²) in [6.07, 6.45) is 0. The van der Waals surface area contributed by atoms with E-state index in [2.05, 4.69) is 38.6 Å². The number of carbonyl (C=O) groups excluding carboxylic acids is 2. The lowest BCUT2D eigenvalue weighted by molar-refractivity contribution is -0.137. The van der Waals surface area contributed by atoms with Gasteiger partial charge in [0.05, 0.1) is 39.6 Å². The highest BCUT2D eigenvalue weighted by Crippen LogP contribution is 2.02. The van der Waals surface area contributed by atoms with E-state index >= 15 is 0 Å². The molecule has 0 aromatic heterocycles. The van der Waals surface area contributed by atoms with E-state index < -0.39 is 5.97 Å². The highest BCUT2D eigenvalue weighted by Gasteiger charge is 2.05. The molecule has 0 radical (unpaired) electrons. The Morgan fingerprint density at radius 3 is 1.65 bits per heavy atom. The van der Waals surface area contributed by atoms with Crippen LogP contribution in [0.2, 0.25) is 0 Å². The number of aliphatic hydroxyl groups excluding tert-OH is 1. The Labute approximate surface area is 192 Å². The highest BCUT2D eigenvalue weighted by molar-refractivity contribution is 9.09. The molecule has 0 atom stereocenters. The van der Waals surface area contributed by atoms with Crippen LogP contribution in [0.4, 0.5) is 0 Å². The predicted octanol–water partition coefficient (Wildman–Crippen LogP) is 4.22. The van der Waals surface area contributed by atoms with Crippen LogP contribution in [0, 0.1) is 0 Å². The maximum atomic E-state index is 11.0. The van der Waals surface area contributed by atoms with Crippen molar-refractivity contribution in [3.63, 3.8) is 0 Å². The molecule has 0 heterocycles. The normalized spacial score (nSPS) is 9.16. The van der Waals surface area contributed by atoms with E-state index in [0.717, 1.165) is 11.1 Å². The third-order valence-electron chi connectivity index (χ3n) is 3.52. The van der Waals surface area contributed by atoms with E-state index in [9.17, 15) is 9.59 Å². The average Bonchev–Trinajstić information content (AvgIpc) is 2.84. The van der Waals surface area contributed by atoms with Gasteiger partial charge in [0.15, 0.2) is 0 Å². The summed E-state index contributed by atoms with van der Waals surface area (Å²) < 4.78 is 14.1. The number of carbonyl (C=O) groups is 2. The van der Waals surface area contributed by atoms with Gasteiger partial charge in [-0.25, -0.2) is 9.59 Å². The number of ether oxygens (including phenoxy) is 3. The van der Waals surface area contributed by atoms with Crippen LogP contribution in [0.5, 0.6) is 0 Å². The lowest BCUT2D eigenvalue weighted by atomic mass is 10.2. The Balaban J connectivity index is 0.000000477. The average molecular weight is 493 g/mol. The number of methoxy groups -OCH3 is 2. The van der Waals surface area contributed by atoms with E-state index in [1.54, 1.807) is 0 Å². The first-order valence-electron chi connectivity index (χ1n) is 9.24. The molecule has 0 bridgehead atoms.